The topological polar surface area (TPSA) is 90.0 Å². The van der Waals surface area contributed by atoms with Crippen LogP contribution in [0.2, 0.25) is 0 Å². The zero-order valence-corrected chi connectivity index (χ0v) is 16.2. The Hall–Kier alpha value is -2.70. The van der Waals surface area contributed by atoms with Gasteiger partial charge in [0.25, 0.3) is 0 Å². The van der Waals surface area contributed by atoms with Gasteiger partial charge in [-0.1, -0.05) is 12.8 Å². The Balaban J connectivity index is 1.57. The second kappa shape index (κ2) is 8.54. The third-order valence-electron chi connectivity index (χ3n) is 5.44. The van der Waals surface area contributed by atoms with Crippen molar-refractivity contribution >= 4 is 23.6 Å². The van der Waals surface area contributed by atoms with Crippen molar-refractivity contribution in [3.63, 3.8) is 0 Å². The molecule has 28 heavy (non-hydrogen) atoms. The Morgan fingerprint density at radius 3 is 2.18 bits per heavy atom. The minimum absolute atomic E-state index is 0.294. The van der Waals surface area contributed by atoms with Gasteiger partial charge in [-0.2, -0.15) is 0 Å². The van der Waals surface area contributed by atoms with Crippen LogP contribution < -0.4 is 4.74 Å². The average Bonchev–Trinajstić information content (AvgIpc) is 2.97. The lowest BCUT2D eigenvalue weighted by atomic mass is 9.81. The number of carbonyl (C=O) groups is 4. The van der Waals surface area contributed by atoms with E-state index in [2.05, 4.69) is 0 Å². The fourth-order valence-corrected chi connectivity index (χ4v) is 3.92. The first kappa shape index (κ1) is 20.0. The first-order chi connectivity index (χ1) is 13.4. The highest BCUT2D eigenvalue weighted by atomic mass is 16.5. The summed E-state index contributed by atoms with van der Waals surface area (Å²) in [4.78, 5) is 50.7. The molecule has 2 amide bonds. The molecular weight excluding hydrogens is 362 g/mol. The van der Waals surface area contributed by atoms with Gasteiger partial charge in [0.2, 0.25) is 11.8 Å². The fraction of sp³-hybridized carbons (Fsp3) is 0.524. The number of benzene rings is 1. The van der Waals surface area contributed by atoms with Crippen LogP contribution >= 0.6 is 0 Å². The predicted octanol–water partition coefficient (Wildman–Crippen LogP) is 2.37. The summed E-state index contributed by atoms with van der Waals surface area (Å²) in [5, 5.41) is 0. The summed E-state index contributed by atoms with van der Waals surface area (Å²) in [5.41, 5.74) is 0.392. The Labute approximate surface area is 164 Å². The number of amides is 2. The van der Waals surface area contributed by atoms with E-state index in [1.807, 2.05) is 6.92 Å². The highest BCUT2D eigenvalue weighted by Crippen LogP contribution is 2.38. The van der Waals surface area contributed by atoms with E-state index in [4.69, 9.17) is 9.47 Å². The number of Topliss-reactive ketones (excluding diaryl/α,β-unsaturated/α-hetero) is 1. The van der Waals surface area contributed by atoms with Gasteiger partial charge >= 0.3 is 5.97 Å². The van der Waals surface area contributed by atoms with Crippen LogP contribution in [-0.4, -0.2) is 47.7 Å². The Morgan fingerprint density at radius 1 is 1.07 bits per heavy atom. The van der Waals surface area contributed by atoms with Crippen LogP contribution in [0.5, 0.6) is 5.75 Å². The summed E-state index contributed by atoms with van der Waals surface area (Å²) in [6.07, 6.45) is 3.21. The van der Waals surface area contributed by atoms with Gasteiger partial charge in [-0.05, 0) is 51.0 Å². The predicted molar refractivity (Wildman–Crippen MR) is 99.7 cm³/mol. The van der Waals surface area contributed by atoms with E-state index in [0.717, 1.165) is 17.7 Å². The first-order valence-electron chi connectivity index (χ1n) is 9.73. The minimum atomic E-state index is -1.03. The molecule has 0 aromatic heterocycles. The summed E-state index contributed by atoms with van der Waals surface area (Å²) in [5.74, 6) is -1.69. The standard InChI is InChI=1S/C21H25NO6/c1-3-27-15-10-8-14(9-11-15)18(23)12-28-21(26)13(2)22-19(24)16-6-4-5-7-17(16)20(22)25/h8-11,13,16-17H,3-7,12H2,1-2H3/t13-,16-,17+/m0/s1. The first-order valence-corrected chi connectivity index (χ1v) is 9.73. The number of rotatable bonds is 7. The van der Waals surface area contributed by atoms with E-state index in [-0.39, 0.29) is 29.4 Å². The van der Waals surface area contributed by atoms with Crippen LogP contribution in [0.4, 0.5) is 0 Å². The van der Waals surface area contributed by atoms with Gasteiger partial charge in [-0.15, -0.1) is 0 Å². The van der Waals surface area contributed by atoms with Crippen molar-refractivity contribution in [2.75, 3.05) is 13.2 Å². The smallest absolute Gasteiger partial charge is 0.329 e. The molecule has 0 spiro atoms. The molecule has 150 valence electrons. The molecule has 3 rings (SSSR count). The van der Waals surface area contributed by atoms with Crippen molar-refractivity contribution in [3.8, 4) is 5.75 Å². The van der Waals surface area contributed by atoms with Gasteiger partial charge in [0.15, 0.2) is 12.4 Å². The van der Waals surface area contributed by atoms with Crippen LogP contribution in [0.25, 0.3) is 0 Å². The van der Waals surface area contributed by atoms with E-state index >= 15 is 0 Å². The number of hydrogen-bond donors (Lipinski definition) is 0. The van der Waals surface area contributed by atoms with Gasteiger partial charge in [0, 0.05) is 5.56 Å². The average molecular weight is 387 g/mol. The summed E-state index contributed by atoms with van der Waals surface area (Å²) in [6.45, 7) is 3.42. The molecule has 3 atom stereocenters. The molecule has 1 aromatic rings. The van der Waals surface area contributed by atoms with Crippen molar-refractivity contribution in [2.45, 2.75) is 45.6 Å². The molecule has 1 aliphatic carbocycles. The maximum Gasteiger partial charge on any atom is 0.329 e. The summed E-state index contributed by atoms with van der Waals surface area (Å²) < 4.78 is 10.4. The molecule has 0 bridgehead atoms. The molecule has 1 saturated heterocycles. The largest absolute Gasteiger partial charge is 0.494 e. The second-order valence-corrected chi connectivity index (χ2v) is 7.21. The van der Waals surface area contributed by atoms with Crippen LogP contribution in [0.3, 0.4) is 0 Å². The van der Waals surface area contributed by atoms with E-state index in [1.165, 1.54) is 6.92 Å². The molecule has 2 aliphatic rings. The van der Waals surface area contributed by atoms with Gasteiger partial charge in [0.1, 0.15) is 11.8 Å². The Kier molecular flexibility index (Phi) is 6.11. The summed E-state index contributed by atoms with van der Waals surface area (Å²) >= 11 is 0. The Morgan fingerprint density at radius 2 is 1.64 bits per heavy atom. The molecule has 0 unspecified atom stereocenters. The lowest BCUT2D eigenvalue weighted by molar-refractivity contribution is -0.157. The monoisotopic (exact) mass is 387 g/mol. The van der Waals surface area contributed by atoms with Crippen molar-refractivity contribution in [2.24, 2.45) is 11.8 Å². The lowest BCUT2D eigenvalue weighted by Crippen LogP contribution is -2.44. The maximum atomic E-state index is 12.6. The lowest BCUT2D eigenvalue weighted by Gasteiger charge is -2.21. The zero-order chi connectivity index (χ0) is 20.3. The number of nitrogens with zero attached hydrogens (tertiary/aromatic N) is 1. The van der Waals surface area contributed by atoms with Crippen molar-refractivity contribution in [1.29, 1.82) is 0 Å². The van der Waals surface area contributed by atoms with E-state index in [1.54, 1.807) is 24.3 Å². The number of esters is 1. The summed E-state index contributed by atoms with van der Waals surface area (Å²) in [6, 6.07) is 5.51. The SMILES string of the molecule is CCOc1ccc(C(=O)COC(=O)[C@H](C)N2C(=O)[C@H]3CCCC[C@H]3C2=O)cc1. The van der Waals surface area contributed by atoms with Gasteiger partial charge < -0.3 is 9.47 Å². The molecule has 0 radical (unpaired) electrons. The molecule has 1 heterocycles. The molecule has 1 saturated carbocycles. The van der Waals surface area contributed by atoms with E-state index < -0.39 is 18.6 Å². The number of likely N-dealkylation sites (tertiary alicyclic amines) is 1. The number of hydrogen-bond acceptors (Lipinski definition) is 6. The number of imide groups is 1. The molecule has 7 nitrogen and oxygen atoms in total. The molecule has 2 fully saturated rings. The highest BCUT2D eigenvalue weighted by molar-refractivity contribution is 6.08. The Bertz CT molecular complexity index is 748. The number of ketones is 1. The zero-order valence-electron chi connectivity index (χ0n) is 16.2. The van der Waals surface area contributed by atoms with Gasteiger partial charge in [-0.25, -0.2) is 4.79 Å². The van der Waals surface area contributed by atoms with Crippen molar-refractivity contribution in [3.05, 3.63) is 29.8 Å². The van der Waals surface area contributed by atoms with E-state index in [0.29, 0.717) is 30.8 Å². The maximum absolute atomic E-state index is 12.6. The second-order valence-electron chi connectivity index (χ2n) is 7.21. The number of carbonyl (C=O) groups excluding carboxylic acids is 4. The van der Waals surface area contributed by atoms with Crippen LogP contribution in [0, 0.1) is 11.8 Å². The molecular formula is C21H25NO6. The molecule has 1 aromatic carbocycles. The summed E-state index contributed by atoms with van der Waals surface area (Å²) in [7, 11) is 0. The third kappa shape index (κ3) is 3.93. The van der Waals surface area contributed by atoms with Gasteiger partial charge in [0.05, 0.1) is 18.4 Å². The fourth-order valence-electron chi connectivity index (χ4n) is 3.92. The normalized spacial score (nSPS) is 22.6. The number of fused-ring (bicyclic) bond motifs is 1. The molecule has 0 N–H and O–H groups in total. The molecule has 1 aliphatic heterocycles. The quantitative estimate of drug-likeness (QED) is 0.405. The minimum Gasteiger partial charge on any atom is -0.494 e. The van der Waals surface area contributed by atoms with Crippen molar-refractivity contribution in [1.82, 2.24) is 4.90 Å². The number of ether oxygens (including phenoxy) is 2. The van der Waals surface area contributed by atoms with Crippen LogP contribution in [-0.2, 0) is 19.1 Å². The molecule has 7 heteroatoms. The third-order valence-corrected chi connectivity index (χ3v) is 5.44. The van der Waals surface area contributed by atoms with Gasteiger partial charge in [-0.3, -0.25) is 19.3 Å². The van der Waals surface area contributed by atoms with Crippen LogP contribution in [0.1, 0.15) is 49.9 Å². The van der Waals surface area contributed by atoms with Crippen molar-refractivity contribution < 1.29 is 28.7 Å². The van der Waals surface area contributed by atoms with E-state index in [9.17, 15) is 19.2 Å². The highest BCUT2D eigenvalue weighted by Gasteiger charge is 2.51. The van der Waals surface area contributed by atoms with Crippen LogP contribution in [0.15, 0.2) is 24.3 Å².